The SMILES string of the molecule is O=CCN(P)P. The molecule has 2 nitrogen and oxygen atoms in total. The van der Waals surface area contributed by atoms with Crippen molar-refractivity contribution in [1.29, 1.82) is 0 Å². The lowest BCUT2D eigenvalue weighted by Crippen LogP contribution is -1.97. The zero-order valence-corrected chi connectivity index (χ0v) is 5.60. The van der Waals surface area contributed by atoms with Crippen molar-refractivity contribution < 1.29 is 4.79 Å². The van der Waals surface area contributed by atoms with Gasteiger partial charge in [-0.25, -0.2) is 0 Å². The fraction of sp³-hybridized carbons (Fsp3) is 0.500. The maximum absolute atomic E-state index is 9.55. The van der Waals surface area contributed by atoms with E-state index in [0.29, 0.717) is 6.54 Å². The standard InChI is InChI=1S/C2H7NOP2/c4-2-1-3(5)6/h2H,1,5-6H2. The van der Waals surface area contributed by atoms with Crippen molar-refractivity contribution in [3.8, 4) is 0 Å². The molecule has 36 valence electrons. The molecular weight excluding hydrogens is 116 g/mol. The lowest BCUT2D eigenvalue weighted by atomic mass is 10.8. The predicted molar refractivity (Wildman–Crippen MR) is 32.2 cm³/mol. The van der Waals surface area contributed by atoms with Crippen LogP contribution in [-0.4, -0.2) is 17.3 Å². The summed E-state index contributed by atoms with van der Waals surface area (Å²) in [7, 11) is 4.69. The first kappa shape index (κ1) is 6.49. The molecule has 6 heavy (non-hydrogen) atoms. The van der Waals surface area contributed by atoms with E-state index in [0.717, 1.165) is 6.29 Å². The summed E-state index contributed by atoms with van der Waals surface area (Å²) >= 11 is 0. The zero-order chi connectivity index (χ0) is 4.99. The summed E-state index contributed by atoms with van der Waals surface area (Å²) in [5.74, 6) is 0. The van der Waals surface area contributed by atoms with E-state index >= 15 is 0 Å². The van der Waals surface area contributed by atoms with E-state index < -0.39 is 0 Å². The van der Waals surface area contributed by atoms with Crippen molar-refractivity contribution in [2.75, 3.05) is 6.54 Å². The van der Waals surface area contributed by atoms with E-state index in [1.807, 2.05) is 0 Å². The van der Waals surface area contributed by atoms with Crippen molar-refractivity contribution in [2.45, 2.75) is 0 Å². The van der Waals surface area contributed by atoms with Gasteiger partial charge in [-0.2, -0.15) is 0 Å². The van der Waals surface area contributed by atoms with Gasteiger partial charge < -0.3 is 4.79 Å². The Kier molecular flexibility index (Phi) is 3.97. The minimum absolute atomic E-state index is 0.454. The molecule has 0 bridgehead atoms. The van der Waals surface area contributed by atoms with E-state index in [9.17, 15) is 4.79 Å². The van der Waals surface area contributed by atoms with Gasteiger partial charge in [-0.15, -0.1) is 0 Å². The minimum atomic E-state index is 0.454. The second-order valence-corrected chi connectivity index (χ2v) is 2.79. The summed E-state index contributed by atoms with van der Waals surface area (Å²) < 4.78 is 1.65. The van der Waals surface area contributed by atoms with Gasteiger partial charge in [0.25, 0.3) is 0 Å². The van der Waals surface area contributed by atoms with Crippen molar-refractivity contribution in [3.63, 3.8) is 0 Å². The summed E-state index contributed by atoms with van der Waals surface area (Å²) in [6, 6.07) is 0. The highest BCUT2D eigenvalue weighted by Crippen LogP contribution is 2.01. The van der Waals surface area contributed by atoms with E-state index in [-0.39, 0.29) is 0 Å². The normalized spacial score (nSPS) is 9.17. The highest BCUT2D eigenvalue weighted by atomic mass is 31.1. The van der Waals surface area contributed by atoms with Crippen LogP contribution in [0.3, 0.4) is 0 Å². The Labute approximate surface area is 41.8 Å². The molecule has 0 aromatic carbocycles. The number of hydrogen-bond donors (Lipinski definition) is 0. The van der Waals surface area contributed by atoms with Crippen molar-refractivity contribution in [1.82, 2.24) is 4.44 Å². The van der Waals surface area contributed by atoms with Crippen LogP contribution in [0.1, 0.15) is 0 Å². The van der Waals surface area contributed by atoms with Crippen LogP contribution < -0.4 is 0 Å². The number of carbonyl (C=O) groups excluding carboxylic acids is 1. The fourth-order valence-electron chi connectivity index (χ4n) is 0.0861. The summed E-state index contributed by atoms with van der Waals surface area (Å²) in [4.78, 5) is 9.55. The Morgan fingerprint density at radius 1 is 1.67 bits per heavy atom. The number of aldehydes is 1. The van der Waals surface area contributed by atoms with E-state index in [1.165, 1.54) is 0 Å². The zero-order valence-electron chi connectivity index (χ0n) is 3.29. The van der Waals surface area contributed by atoms with Crippen LogP contribution in [0.15, 0.2) is 0 Å². The molecule has 0 aromatic rings. The highest BCUT2D eigenvalue weighted by molar-refractivity contribution is 7.30. The molecule has 0 fully saturated rings. The van der Waals surface area contributed by atoms with Crippen LogP contribution in [0, 0.1) is 0 Å². The average molecular weight is 123 g/mol. The number of nitrogens with zero attached hydrogens (tertiary/aromatic N) is 1. The fourth-order valence-corrected chi connectivity index (χ4v) is 0.258. The van der Waals surface area contributed by atoms with Gasteiger partial charge in [0.15, 0.2) is 0 Å². The molecule has 0 saturated carbocycles. The van der Waals surface area contributed by atoms with Crippen LogP contribution in [0.25, 0.3) is 0 Å². The van der Waals surface area contributed by atoms with Crippen LogP contribution in [0.5, 0.6) is 0 Å². The van der Waals surface area contributed by atoms with Crippen LogP contribution in [0.4, 0.5) is 0 Å². The number of carbonyl (C=O) groups is 1. The van der Waals surface area contributed by atoms with Gasteiger partial charge in [0, 0.05) is 0 Å². The molecule has 2 unspecified atom stereocenters. The van der Waals surface area contributed by atoms with Crippen molar-refractivity contribution in [2.24, 2.45) is 0 Å². The molecule has 0 rings (SSSR count). The molecule has 0 heterocycles. The van der Waals surface area contributed by atoms with Crippen molar-refractivity contribution >= 4 is 25.1 Å². The van der Waals surface area contributed by atoms with Gasteiger partial charge in [0.2, 0.25) is 0 Å². The first-order valence-electron chi connectivity index (χ1n) is 1.48. The van der Waals surface area contributed by atoms with E-state index in [1.54, 1.807) is 4.44 Å². The van der Waals surface area contributed by atoms with E-state index in [4.69, 9.17) is 0 Å². The molecule has 0 aliphatic carbocycles. The quantitative estimate of drug-likeness (QED) is 0.382. The molecule has 4 heteroatoms. The highest BCUT2D eigenvalue weighted by Gasteiger charge is 1.79. The molecule has 2 atom stereocenters. The molecule has 0 aromatic heterocycles. The van der Waals surface area contributed by atoms with Crippen LogP contribution in [0.2, 0.25) is 0 Å². The van der Waals surface area contributed by atoms with Gasteiger partial charge in [0.05, 0.1) is 6.54 Å². The molecular formula is C2H7NOP2. The smallest absolute Gasteiger partial charge is 0.134 e. The molecule has 0 N–H and O–H groups in total. The molecule has 0 spiro atoms. The lowest BCUT2D eigenvalue weighted by Gasteiger charge is -1.98. The first-order valence-corrected chi connectivity index (χ1v) is 2.51. The van der Waals surface area contributed by atoms with Gasteiger partial charge >= 0.3 is 0 Å². The topological polar surface area (TPSA) is 20.3 Å². The summed E-state index contributed by atoms with van der Waals surface area (Å²) in [6.07, 6.45) is 0.833. The van der Waals surface area contributed by atoms with E-state index in [2.05, 4.69) is 18.8 Å². The van der Waals surface area contributed by atoms with Gasteiger partial charge in [-0.05, 0) is 0 Å². The average Bonchev–Trinajstić information content (AvgIpc) is 1.35. The third-order valence-electron chi connectivity index (χ3n) is 0.285. The molecule has 0 amide bonds. The molecule has 0 saturated heterocycles. The monoisotopic (exact) mass is 123 g/mol. The predicted octanol–water partition coefficient (Wildman–Crippen LogP) is 0.0675. The van der Waals surface area contributed by atoms with Gasteiger partial charge in [0.1, 0.15) is 6.29 Å². The molecule has 0 radical (unpaired) electrons. The Morgan fingerprint density at radius 3 is 2.17 bits per heavy atom. The Hall–Kier alpha value is 0.490. The number of rotatable bonds is 2. The summed E-state index contributed by atoms with van der Waals surface area (Å²) in [6.45, 7) is 0.454. The van der Waals surface area contributed by atoms with Crippen molar-refractivity contribution in [3.05, 3.63) is 0 Å². The van der Waals surface area contributed by atoms with Gasteiger partial charge in [-0.3, -0.25) is 4.44 Å². The largest absolute Gasteiger partial charge is 0.302 e. The first-order chi connectivity index (χ1) is 2.77. The molecule has 0 aliphatic heterocycles. The molecule has 0 aliphatic rings. The van der Waals surface area contributed by atoms with Gasteiger partial charge in [-0.1, -0.05) is 18.8 Å². The minimum Gasteiger partial charge on any atom is -0.302 e. The third-order valence-corrected chi connectivity index (χ3v) is 0.707. The third kappa shape index (κ3) is 4.49. The summed E-state index contributed by atoms with van der Waals surface area (Å²) in [5.41, 5.74) is 0. The second-order valence-electron chi connectivity index (χ2n) is 0.863. The Balaban J connectivity index is 2.81. The Morgan fingerprint density at radius 2 is 2.17 bits per heavy atom. The van der Waals surface area contributed by atoms with Crippen LogP contribution in [-0.2, 0) is 4.79 Å². The summed E-state index contributed by atoms with van der Waals surface area (Å²) in [5, 5.41) is 0. The maximum atomic E-state index is 9.55. The maximum Gasteiger partial charge on any atom is 0.134 e. The lowest BCUT2D eigenvalue weighted by molar-refractivity contribution is -0.107. The second kappa shape index (κ2) is 3.67. The van der Waals surface area contributed by atoms with Crippen LogP contribution >= 0.6 is 18.8 Å². The Bertz CT molecular complexity index is 46.8. The number of hydrogen-bond acceptors (Lipinski definition) is 2.